The smallest absolute Gasteiger partial charge is 0.293 e. The molecule has 0 aliphatic carbocycles. The molecule has 3 aromatic rings. The van der Waals surface area contributed by atoms with Gasteiger partial charge in [-0.05, 0) is 61.9 Å². The predicted molar refractivity (Wildman–Crippen MR) is 166 cm³/mol. The second-order valence-electron chi connectivity index (χ2n) is 10.7. The zero-order valence-corrected chi connectivity index (χ0v) is 26.1. The zero-order chi connectivity index (χ0) is 32.7. The molecule has 0 radical (unpaired) electrons. The third kappa shape index (κ3) is 8.89. The Labute approximate surface area is 264 Å². The van der Waals surface area contributed by atoms with Crippen molar-refractivity contribution in [2.75, 3.05) is 13.7 Å². The van der Waals surface area contributed by atoms with Crippen molar-refractivity contribution >= 4 is 46.6 Å². The van der Waals surface area contributed by atoms with Gasteiger partial charge in [0.15, 0.2) is 11.5 Å². The SMILES string of the molecule is Cc1ccc(CNC(=O)[C@H](COc2ccc(C=C3SC(=O)N(C)C3=O)cc2)CC(=O)[C@@H](NC(=O)c2cc(C)on2)[C@@H](C)O)cc1. The Balaban J connectivity index is 1.45. The highest BCUT2D eigenvalue weighted by atomic mass is 32.2. The molecule has 45 heavy (non-hydrogen) atoms. The number of likely N-dealkylation sites (N-methyl/N-ethyl adjacent to an activating group) is 1. The molecule has 236 valence electrons. The molecule has 0 saturated carbocycles. The number of carbonyl (C=O) groups is 5. The first-order valence-electron chi connectivity index (χ1n) is 14.1. The summed E-state index contributed by atoms with van der Waals surface area (Å²) in [6.07, 6.45) is 0.00918. The van der Waals surface area contributed by atoms with E-state index in [1.54, 1.807) is 37.3 Å². The molecule has 1 aliphatic rings. The van der Waals surface area contributed by atoms with Crippen LogP contribution in [-0.4, -0.2) is 69.7 Å². The van der Waals surface area contributed by atoms with Gasteiger partial charge in [0.1, 0.15) is 24.2 Å². The van der Waals surface area contributed by atoms with Crippen LogP contribution < -0.4 is 15.4 Å². The number of Topliss-reactive ketones (excluding diaryl/α,β-unsaturated/α-hetero) is 1. The number of aliphatic hydroxyl groups is 1. The average Bonchev–Trinajstić information content (AvgIpc) is 3.56. The largest absolute Gasteiger partial charge is 0.493 e. The summed E-state index contributed by atoms with van der Waals surface area (Å²) in [5.74, 6) is -2.26. The van der Waals surface area contributed by atoms with Gasteiger partial charge < -0.3 is 25.0 Å². The minimum atomic E-state index is -1.31. The molecule has 3 N–H and O–H groups in total. The van der Waals surface area contributed by atoms with E-state index in [9.17, 15) is 29.1 Å². The predicted octanol–water partition coefficient (Wildman–Crippen LogP) is 3.41. The first-order valence-corrected chi connectivity index (χ1v) is 15.0. The fraction of sp³-hybridized carbons (Fsp3) is 0.312. The molecule has 3 atom stereocenters. The third-order valence-corrected chi connectivity index (χ3v) is 7.96. The van der Waals surface area contributed by atoms with Crippen LogP contribution in [0.2, 0.25) is 0 Å². The van der Waals surface area contributed by atoms with Gasteiger partial charge in [0.05, 0.1) is 16.9 Å². The third-order valence-electron chi connectivity index (χ3n) is 7.00. The van der Waals surface area contributed by atoms with Crippen molar-refractivity contribution in [3.63, 3.8) is 0 Å². The second-order valence-corrected chi connectivity index (χ2v) is 11.7. The summed E-state index contributed by atoms with van der Waals surface area (Å²) in [4.78, 5) is 64.6. The van der Waals surface area contributed by atoms with Gasteiger partial charge in [0.25, 0.3) is 17.1 Å². The lowest BCUT2D eigenvalue weighted by Crippen LogP contribution is -2.49. The molecule has 0 spiro atoms. The number of rotatable bonds is 13. The molecule has 4 rings (SSSR count). The van der Waals surface area contributed by atoms with Crippen LogP contribution in [0.4, 0.5) is 4.79 Å². The van der Waals surface area contributed by atoms with Crippen LogP contribution in [0.1, 0.15) is 46.3 Å². The number of imide groups is 1. The number of hydrogen-bond acceptors (Lipinski definition) is 10. The van der Waals surface area contributed by atoms with Crippen LogP contribution in [0.3, 0.4) is 0 Å². The summed E-state index contributed by atoms with van der Waals surface area (Å²) in [5, 5.41) is 18.9. The van der Waals surface area contributed by atoms with Gasteiger partial charge in [-0.2, -0.15) is 0 Å². The van der Waals surface area contributed by atoms with E-state index >= 15 is 0 Å². The number of ketones is 1. The molecule has 1 saturated heterocycles. The van der Waals surface area contributed by atoms with Crippen molar-refractivity contribution in [1.29, 1.82) is 0 Å². The molecule has 2 heterocycles. The monoisotopic (exact) mass is 634 g/mol. The van der Waals surface area contributed by atoms with E-state index in [1.165, 1.54) is 20.0 Å². The fourth-order valence-corrected chi connectivity index (χ4v) is 5.18. The first-order chi connectivity index (χ1) is 21.4. The van der Waals surface area contributed by atoms with Gasteiger partial charge in [-0.15, -0.1) is 0 Å². The molecular formula is C32H34N4O8S. The highest BCUT2D eigenvalue weighted by Crippen LogP contribution is 2.31. The minimum Gasteiger partial charge on any atom is -0.493 e. The van der Waals surface area contributed by atoms with Crippen LogP contribution in [0.15, 0.2) is 64.0 Å². The molecule has 1 aliphatic heterocycles. The maximum Gasteiger partial charge on any atom is 0.293 e. The number of ether oxygens (including phenoxy) is 1. The Kier molecular flexibility index (Phi) is 10.9. The van der Waals surface area contributed by atoms with Gasteiger partial charge >= 0.3 is 0 Å². The maximum atomic E-state index is 13.4. The molecule has 0 bridgehead atoms. The maximum absolute atomic E-state index is 13.4. The van der Waals surface area contributed by atoms with Gasteiger partial charge in [0, 0.05) is 26.1 Å². The Bertz CT molecular complexity index is 1600. The summed E-state index contributed by atoms with van der Waals surface area (Å²) in [6.45, 7) is 4.98. The van der Waals surface area contributed by atoms with Crippen molar-refractivity contribution < 1.29 is 38.3 Å². The van der Waals surface area contributed by atoms with Gasteiger partial charge in [-0.25, -0.2) is 0 Å². The van der Waals surface area contributed by atoms with Gasteiger partial charge in [-0.1, -0.05) is 47.1 Å². The van der Waals surface area contributed by atoms with Crippen molar-refractivity contribution in [3.05, 3.63) is 87.6 Å². The molecule has 13 heteroatoms. The summed E-state index contributed by atoms with van der Waals surface area (Å²) >= 11 is 0.854. The highest BCUT2D eigenvalue weighted by molar-refractivity contribution is 8.18. The van der Waals surface area contributed by atoms with Crippen LogP contribution in [0.5, 0.6) is 5.75 Å². The number of thioether (sulfide) groups is 1. The summed E-state index contributed by atoms with van der Waals surface area (Å²) in [7, 11) is 1.42. The molecule has 4 amide bonds. The van der Waals surface area contributed by atoms with E-state index in [2.05, 4.69) is 15.8 Å². The Hall–Kier alpha value is -4.75. The number of benzene rings is 2. The van der Waals surface area contributed by atoms with Crippen molar-refractivity contribution in [1.82, 2.24) is 20.7 Å². The number of amides is 4. The first kappa shape index (κ1) is 33.1. The Morgan fingerprint density at radius 2 is 1.78 bits per heavy atom. The van der Waals surface area contributed by atoms with Crippen molar-refractivity contribution in [2.45, 2.75) is 45.9 Å². The van der Waals surface area contributed by atoms with Crippen molar-refractivity contribution in [3.8, 4) is 5.75 Å². The molecule has 1 aromatic heterocycles. The average molecular weight is 635 g/mol. The standard InChI is InChI=1S/C32H34N4O8S/c1-18-5-7-22(8-6-18)16-33-29(39)23(15-26(38)28(20(3)37)34-30(40)25-13-19(2)44-35-25)17-43-24-11-9-21(10-12-24)14-27-31(41)36(4)32(42)45-27/h5-14,20,23,28,37H,15-17H2,1-4H3,(H,33,39)(H,34,40)/t20-,23+,28+/m1/s1. The van der Waals surface area contributed by atoms with Crippen LogP contribution >= 0.6 is 11.8 Å². The number of nitrogens with zero attached hydrogens (tertiary/aromatic N) is 2. The summed E-state index contributed by atoms with van der Waals surface area (Å²) in [5.41, 5.74) is 2.57. The zero-order valence-electron chi connectivity index (χ0n) is 25.2. The molecular weight excluding hydrogens is 600 g/mol. The quantitative estimate of drug-likeness (QED) is 0.237. The number of nitrogens with one attached hydrogen (secondary N) is 2. The van der Waals surface area contributed by atoms with Gasteiger partial charge in [-0.3, -0.25) is 28.9 Å². The molecule has 2 aromatic carbocycles. The number of carbonyl (C=O) groups excluding carboxylic acids is 5. The van der Waals surface area contributed by atoms with E-state index in [1.807, 2.05) is 31.2 Å². The number of aryl methyl sites for hydroxylation is 2. The minimum absolute atomic E-state index is 0.0460. The number of aromatic nitrogens is 1. The van der Waals surface area contributed by atoms with Crippen LogP contribution in [-0.2, 0) is 20.9 Å². The van der Waals surface area contributed by atoms with E-state index in [-0.39, 0.29) is 36.4 Å². The Morgan fingerprint density at radius 1 is 1.09 bits per heavy atom. The van der Waals surface area contributed by atoms with Crippen LogP contribution in [0, 0.1) is 19.8 Å². The fourth-order valence-electron chi connectivity index (χ4n) is 4.35. The topological polar surface area (TPSA) is 168 Å². The van der Waals surface area contributed by atoms with E-state index < -0.39 is 35.7 Å². The molecule has 12 nitrogen and oxygen atoms in total. The van der Waals surface area contributed by atoms with Crippen LogP contribution in [0.25, 0.3) is 6.08 Å². The summed E-state index contributed by atoms with van der Waals surface area (Å²) < 4.78 is 10.8. The normalized spacial score (nSPS) is 15.9. The Morgan fingerprint density at radius 3 is 2.36 bits per heavy atom. The lowest BCUT2D eigenvalue weighted by Gasteiger charge is -2.23. The lowest BCUT2D eigenvalue weighted by atomic mass is 9.95. The highest BCUT2D eigenvalue weighted by Gasteiger charge is 2.33. The second kappa shape index (κ2) is 14.8. The molecule has 1 fully saturated rings. The summed E-state index contributed by atoms with van der Waals surface area (Å²) in [6, 6.07) is 14.4. The van der Waals surface area contributed by atoms with Crippen molar-refractivity contribution in [2.24, 2.45) is 5.92 Å². The number of hydrogen-bond donors (Lipinski definition) is 3. The number of aliphatic hydroxyl groups excluding tert-OH is 1. The lowest BCUT2D eigenvalue weighted by molar-refractivity contribution is -0.132. The van der Waals surface area contributed by atoms with E-state index in [0.717, 1.165) is 27.8 Å². The molecule has 0 unspecified atom stereocenters. The van der Waals surface area contributed by atoms with Gasteiger partial charge in [0.2, 0.25) is 5.91 Å². The van der Waals surface area contributed by atoms with E-state index in [0.29, 0.717) is 22.0 Å². The van der Waals surface area contributed by atoms with E-state index in [4.69, 9.17) is 9.26 Å².